The zero-order valence-electron chi connectivity index (χ0n) is 12.3. The van der Waals surface area contributed by atoms with Gasteiger partial charge in [-0.1, -0.05) is 26.7 Å². The molecule has 1 saturated heterocycles. The highest BCUT2D eigenvalue weighted by Gasteiger charge is 2.21. The minimum Gasteiger partial charge on any atom is -0.314 e. The second-order valence-corrected chi connectivity index (χ2v) is 7.90. The van der Waals surface area contributed by atoms with E-state index in [0.29, 0.717) is 0 Å². The number of nitrogens with one attached hydrogen (secondary N) is 1. The van der Waals surface area contributed by atoms with Gasteiger partial charge in [0, 0.05) is 6.04 Å². The van der Waals surface area contributed by atoms with Crippen LogP contribution in [0, 0.1) is 17.8 Å². The largest absolute Gasteiger partial charge is 0.314 e. The molecule has 0 aromatic rings. The first-order chi connectivity index (χ1) is 8.75. The quantitative estimate of drug-likeness (QED) is 0.763. The molecule has 0 radical (unpaired) electrons. The Morgan fingerprint density at radius 2 is 1.78 bits per heavy atom. The highest BCUT2D eigenvalue weighted by Crippen LogP contribution is 2.29. The van der Waals surface area contributed by atoms with Crippen molar-refractivity contribution < 1.29 is 0 Å². The molecule has 2 heteroatoms. The Morgan fingerprint density at radius 1 is 1.00 bits per heavy atom. The summed E-state index contributed by atoms with van der Waals surface area (Å²) in [5.41, 5.74) is 0. The van der Waals surface area contributed by atoms with Crippen molar-refractivity contribution in [3.63, 3.8) is 0 Å². The Labute approximate surface area is 118 Å². The third-order valence-corrected chi connectivity index (χ3v) is 6.04. The lowest BCUT2D eigenvalue weighted by molar-refractivity contribution is 0.334. The maximum Gasteiger partial charge on any atom is 0.00672 e. The summed E-state index contributed by atoms with van der Waals surface area (Å²) in [5.74, 6) is 5.64. The first kappa shape index (κ1) is 14.7. The lowest BCUT2D eigenvalue weighted by Gasteiger charge is -2.25. The van der Waals surface area contributed by atoms with Crippen molar-refractivity contribution in [2.75, 3.05) is 18.1 Å². The van der Waals surface area contributed by atoms with E-state index in [-0.39, 0.29) is 0 Å². The zero-order valence-corrected chi connectivity index (χ0v) is 13.1. The molecule has 1 N–H and O–H groups in total. The third kappa shape index (κ3) is 4.77. The average Bonchev–Trinajstić information content (AvgIpc) is 2.63. The van der Waals surface area contributed by atoms with Gasteiger partial charge in [-0.25, -0.2) is 0 Å². The van der Waals surface area contributed by atoms with Crippen LogP contribution < -0.4 is 5.32 Å². The van der Waals surface area contributed by atoms with Crippen LogP contribution in [0.5, 0.6) is 0 Å². The van der Waals surface area contributed by atoms with Crippen LogP contribution in [0.4, 0.5) is 0 Å². The van der Waals surface area contributed by atoms with Crippen LogP contribution >= 0.6 is 11.8 Å². The number of rotatable bonds is 4. The molecule has 0 amide bonds. The van der Waals surface area contributed by atoms with Crippen LogP contribution in [0.1, 0.15) is 58.8 Å². The Morgan fingerprint density at radius 3 is 2.50 bits per heavy atom. The van der Waals surface area contributed by atoms with Gasteiger partial charge in [0.25, 0.3) is 0 Å². The summed E-state index contributed by atoms with van der Waals surface area (Å²) in [6, 6.07) is 0.823. The summed E-state index contributed by atoms with van der Waals surface area (Å²) in [6.45, 7) is 6.09. The van der Waals surface area contributed by atoms with Crippen molar-refractivity contribution in [2.45, 2.75) is 64.8 Å². The summed E-state index contributed by atoms with van der Waals surface area (Å²) in [4.78, 5) is 0. The molecular formula is C16H31NS. The van der Waals surface area contributed by atoms with Gasteiger partial charge in [0.1, 0.15) is 0 Å². The van der Waals surface area contributed by atoms with Crippen molar-refractivity contribution in [1.29, 1.82) is 0 Å². The molecule has 1 saturated carbocycles. The van der Waals surface area contributed by atoms with Gasteiger partial charge in [-0.15, -0.1) is 0 Å². The normalized spacial score (nSPS) is 31.5. The smallest absolute Gasteiger partial charge is 0.00672 e. The summed E-state index contributed by atoms with van der Waals surface area (Å²) < 4.78 is 0. The Balaban J connectivity index is 1.66. The van der Waals surface area contributed by atoms with Gasteiger partial charge < -0.3 is 5.32 Å². The number of thioether (sulfide) groups is 1. The van der Waals surface area contributed by atoms with E-state index >= 15 is 0 Å². The molecule has 2 unspecified atom stereocenters. The molecule has 2 fully saturated rings. The van der Waals surface area contributed by atoms with Crippen molar-refractivity contribution in [3.8, 4) is 0 Å². The van der Waals surface area contributed by atoms with Crippen molar-refractivity contribution in [2.24, 2.45) is 17.8 Å². The summed E-state index contributed by atoms with van der Waals surface area (Å²) in [7, 11) is 0. The van der Waals surface area contributed by atoms with Gasteiger partial charge in [-0.2, -0.15) is 11.8 Å². The number of hydrogen-bond acceptors (Lipinski definition) is 2. The van der Waals surface area contributed by atoms with E-state index in [9.17, 15) is 0 Å². The highest BCUT2D eigenvalue weighted by atomic mass is 32.2. The van der Waals surface area contributed by atoms with E-state index in [2.05, 4.69) is 30.9 Å². The molecular weight excluding hydrogens is 238 g/mol. The zero-order chi connectivity index (χ0) is 12.8. The van der Waals surface area contributed by atoms with E-state index in [4.69, 9.17) is 0 Å². The van der Waals surface area contributed by atoms with Crippen LogP contribution in [0.2, 0.25) is 0 Å². The minimum absolute atomic E-state index is 0.823. The molecule has 1 heterocycles. The standard InChI is InChI=1S/C16H31NS/c1-13(2)15-4-3-5-16(7-6-15)17-12-14-8-10-18-11-9-14/h13-17H,3-12H2,1-2H3. The molecule has 1 aliphatic carbocycles. The van der Waals surface area contributed by atoms with Gasteiger partial charge in [-0.05, 0) is 67.9 Å². The van der Waals surface area contributed by atoms with Gasteiger partial charge in [0.15, 0.2) is 0 Å². The van der Waals surface area contributed by atoms with E-state index in [1.807, 2.05) is 0 Å². The maximum atomic E-state index is 3.88. The fraction of sp³-hybridized carbons (Fsp3) is 1.00. The van der Waals surface area contributed by atoms with Crippen molar-refractivity contribution in [1.82, 2.24) is 5.32 Å². The molecule has 106 valence electrons. The SMILES string of the molecule is CC(C)C1CCCC(NCC2CCSCC2)CC1. The van der Waals surface area contributed by atoms with Crippen LogP contribution in [0.25, 0.3) is 0 Å². The average molecular weight is 269 g/mol. The fourth-order valence-electron chi connectivity index (χ4n) is 3.49. The Hall–Kier alpha value is 0.310. The highest BCUT2D eigenvalue weighted by molar-refractivity contribution is 7.99. The van der Waals surface area contributed by atoms with Gasteiger partial charge >= 0.3 is 0 Å². The second-order valence-electron chi connectivity index (χ2n) is 6.67. The molecule has 2 rings (SSSR count). The first-order valence-corrected chi connectivity index (χ1v) is 9.22. The lowest BCUT2D eigenvalue weighted by atomic mass is 9.89. The van der Waals surface area contributed by atoms with E-state index < -0.39 is 0 Å². The van der Waals surface area contributed by atoms with Gasteiger partial charge in [0.05, 0.1) is 0 Å². The second kappa shape index (κ2) is 7.79. The van der Waals surface area contributed by atoms with E-state index in [1.165, 1.54) is 63.0 Å². The molecule has 0 aromatic carbocycles. The lowest BCUT2D eigenvalue weighted by Crippen LogP contribution is -2.34. The third-order valence-electron chi connectivity index (χ3n) is 4.99. The van der Waals surface area contributed by atoms with Crippen molar-refractivity contribution >= 4 is 11.8 Å². The summed E-state index contributed by atoms with van der Waals surface area (Å²) in [6.07, 6.45) is 10.1. The molecule has 0 bridgehead atoms. The van der Waals surface area contributed by atoms with Crippen LogP contribution in [-0.2, 0) is 0 Å². The van der Waals surface area contributed by atoms with E-state index in [1.54, 1.807) is 0 Å². The van der Waals surface area contributed by atoms with Gasteiger partial charge in [-0.3, -0.25) is 0 Å². The maximum absolute atomic E-state index is 3.88. The monoisotopic (exact) mass is 269 g/mol. The van der Waals surface area contributed by atoms with Crippen LogP contribution in [0.15, 0.2) is 0 Å². The van der Waals surface area contributed by atoms with Crippen LogP contribution in [0.3, 0.4) is 0 Å². The molecule has 2 atom stereocenters. The molecule has 0 spiro atoms. The summed E-state index contributed by atoms with van der Waals surface area (Å²) in [5, 5.41) is 3.88. The minimum atomic E-state index is 0.823. The fourth-order valence-corrected chi connectivity index (χ4v) is 4.69. The molecule has 0 aromatic heterocycles. The van der Waals surface area contributed by atoms with Crippen LogP contribution in [-0.4, -0.2) is 24.1 Å². The number of hydrogen-bond donors (Lipinski definition) is 1. The predicted molar refractivity (Wildman–Crippen MR) is 83.3 cm³/mol. The first-order valence-electron chi connectivity index (χ1n) is 8.07. The molecule has 1 nitrogen and oxygen atoms in total. The van der Waals surface area contributed by atoms with Gasteiger partial charge in [0.2, 0.25) is 0 Å². The molecule has 1 aliphatic heterocycles. The topological polar surface area (TPSA) is 12.0 Å². The Kier molecular flexibility index (Phi) is 6.37. The Bertz CT molecular complexity index is 223. The van der Waals surface area contributed by atoms with E-state index in [0.717, 1.165) is 23.8 Å². The predicted octanol–water partition coefficient (Wildman–Crippen LogP) is 4.32. The molecule has 18 heavy (non-hydrogen) atoms. The van der Waals surface area contributed by atoms with Crippen molar-refractivity contribution in [3.05, 3.63) is 0 Å². The summed E-state index contributed by atoms with van der Waals surface area (Å²) >= 11 is 2.14. The molecule has 2 aliphatic rings.